The highest BCUT2D eigenvalue weighted by atomic mass is 35.5. The number of furan rings is 1. The van der Waals surface area contributed by atoms with Crippen LogP contribution in [0, 0.1) is 0 Å². The van der Waals surface area contributed by atoms with E-state index in [2.05, 4.69) is 17.5 Å². The molecule has 1 aliphatic heterocycles. The van der Waals surface area contributed by atoms with Gasteiger partial charge in [-0.3, -0.25) is 14.4 Å². The third kappa shape index (κ3) is 5.68. The van der Waals surface area contributed by atoms with Crippen LogP contribution in [0.3, 0.4) is 0 Å². The summed E-state index contributed by atoms with van der Waals surface area (Å²) in [5.41, 5.74) is 3.95. The molecule has 1 aromatic heterocycles. The van der Waals surface area contributed by atoms with E-state index in [0.717, 1.165) is 30.5 Å². The summed E-state index contributed by atoms with van der Waals surface area (Å²) in [6.45, 7) is 1.76. The molecule has 3 rings (SSSR count). The van der Waals surface area contributed by atoms with Gasteiger partial charge in [-0.15, -0.1) is 0 Å². The molecule has 0 saturated carbocycles. The van der Waals surface area contributed by atoms with E-state index >= 15 is 0 Å². The quantitative estimate of drug-likeness (QED) is 0.488. The van der Waals surface area contributed by atoms with Gasteiger partial charge in [0.25, 0.3) is 5.91 Å². The van der Waals surface area contributed by atoms with Crippen molar-refractivity contribution in [1.29, 1.82) is 0 Å². The number of benzene rings is 1. The van der Waals surface area contributed by atoms with Gasteiger partial charge in [0, 0.05) is 17.9 Å². The Morgan fingerprint density at radius 2 is 2.07 bits per heavy atom. The summed E-state index contributed by atoms with van der Waals surface area (Å²) in [4.78, 5) is 29.5. The molecule has 7 nitrogen and oxygen atoms in total. The zero-order chi connectivity index (χ0) is 20.6. The number of nitrogens with zero attached hydrogens (tertiary/aromatic N) is 2. The number of halogens is 1. The smallest absolute Gasteiger partial charge is 0.272 e. The molecule has 2 heterocycles. The van der Waals surface area contributed by atoms with Gasteiger partial charge in [0.2, 0.25) is 5.91 Å². The highest BCUT2D eigenvalue weighted by Gasteiger charge is 2.34. The Labute approximate surface area is 174 Å². The molecular weight excluding hydrogens is 394 g/mol. The minimum atomic E-state index is -0.371. The molecule has 0 spiro atoms. The van der Waals surface area contributed by atoms with Crippen molar-refractivity contribution < 1.29 is 18.8 Å². The second-order valence-electron chi connectivity index (χ2n) is 6.80. The molecule has 2 aromatic rings. The monoisotopic (exact) mass is 417 g/mol. The van der Waals surface area contributed by atoms with E-state index in [1.54, 1.807) is 24.5 Å². The second kappa shape index (κ2) is 10.2. The minimum absolute atomic E-state index is 0.236. The van der Waals surface area contributed by atoms with Crippen molar-refractivity contribution in [2.45, 2.75) is 45.1 Å². The normalized spacial score (nSPS) is 16.0. The van der Waals surface area contributed by atoms with Gasteiger partial charge in [-0.1, -0.05) is 43.5 Å². The van der Waals surface area contributed by atoms with E-state index in [1.807, 2.05) is 18.2 Å². The average Bonchev–Trinajstić information content (AvgIpc) is 3.38. The first-order valence-electron chi connectivity index (χ1n) is 9.68. The molecule has 29 heavy (non-hydrogen) atoms. The van der Waals surface area contributed by atoms with E-state index in [9.17, 15) is 9.59 Å². The van der Waals surface area contributed by atoms with Crippen molar-refractivity contribution in [3.05, 3.63) is 59.0 Å². The van der Waals surface area contributed by atoms with Crippen LogP contribution in [0.5, 0.6) is 0 Å². The van der Waals surface area contributed by atoms with Crippen LogP contribution >= 0.6 is 11.6 Å². The SMILES string of the molecule is CCCCCC(=O)NOCC(=O)N1N=C(c2ccc(Cl)cc2)CC1c1ccco1. The maximum Gasteiger partial charge on any atom is 0.272 e. The third-order valence-corrected chi connectivity index (χ3v) is 4.86. The molecule has 0 aliphatic carbocycles. The molecule has 0 saturated heterocycles. The van der Waals surface area contributed by atoms with Gasteiger partial charge in [-0.25, -0.2) is 10.5 Å². The summed E-state index contributed by atoms with van der Waals surface area (Å²) < 4.78 is 5.50. The lowest BCUT2D eigenvalue weighted by molar-refractivity contribution is -0.146. The van der Waals surface area contributed by atoms with Gasteiger partial charge in [0.1, 0.15) is 11.8 Å². The summed E-state index contributed by atoms with van der Waals surface area (Å²) in [6, 6.07) is 10.5. The van der Waals surface area contributed by atoms with Gasteiger partial charge in [-0.2, -0.15) is 5.10 Å². The fourth-order valence-electron chi connectivity index (χ4n) is 3.09. The number of rotatable bonds is 9. The van der Waals surface area contributed by atoms with Crippen LogP contribution in [0.4, 0.5) is 0 Å². The lowest BCUT2D eigenvalue weighted by Gasteiger charge is -2.19. The number of hydroxylamine groups is 1. The molecule has 1 N–H and O–H groups in total. The Balaban J connectivity index is 1.64. The molecule has 8 heteroatoms. The predicted molar refractivity (Wildman–Crippen MR) is 109 cm³/mol. The Kier molecular flexibility index (Phi) is 7.43. The molecule has 0 fully saturated rings. The second-order valence-corrected chi connectivity index (χ2v) is 7.23. The number of unbranched alkanes of at least 4 members (excludes halogenated alkanes) is 2. The predicted octanol–water partition coefficient (Wildman–Crippen LogP) is 4.24. The van der Waals surface area contributed by atoms with Gasteiger partial charge in [0.15, 0.2) is 6.61 Å². The highest BCUT2D eigenvalue weighted by Crippen LogP contribution is 2.33. The zero-order valence-corrected chi connectivity index (χ0v) is 17.0. The Bertz CT molecular complexity index is 849. The number of hydrogen-bond acceptors (Lipinski definition) is 5. The number of nitrogens with one attached hydrogen (secondary N) is 1. The van der Waals surface area contributed by atoms with Gasteiger partial charge >= 0.3 is 0 Å². The summed E-state index contributed by atoms with van der Waals surface area (Å²) in [5, 5.41) is 6.47. The Morgan fingerprint density at radius 3 is 2.76 bits per heavy atom. The largest absolute Gasteiger partial charge is 0.467 e. The maximum absolute atomic E-state index is 12.7. The van der Waals surface area contributed by atoms with Crippen molar-refractivity contribution >= 4 is 29.1 Å². The first kappa shape index (κ1) is 21.1. The fourth-order valence-corrected chi connectivity index (χ4v) is 3.22. The number of carbonyl (C=O) groups excluding carboxylic acids is 2. The number of amides is 2. The zero-order valence-electron chi connectivity index (χ0n) is 16.3. The summed E-state index contributed by atoms with van der Waals surface area (Å²) >= 11 is 5.96. The first-order valence-corrected chi connectivity index (χ1v) is 10.1. The van der Waals surface area contributed by atoms with Crippen LogP contribution in [0.15, 0.2) is 52.2 Å². The summed E-state index contributed by atoms with van der Waals surface area (Å²) in [6.07, 6.45) is 5.24. The molecule has 1 atom stereocenters. The third-order valence-electron chi connectivity index (χ3n) is 4.60. The van der Waals surface area contributed by atoms with E-state index in [-0.39, 0.29) is 24.5 Å². The van der Waals surface area contributed by atoms with Gasteiger partial charge < -0.3 is 4.42 Å². The van der Waals surface area contributed by atoms with E-state index in [4.69, 9.17) is 20.9 Å². The van der Waals surface area contributed by atoms with Crippen LogP contribution in [0.1, 0.15) is 56.4 Å². The standard InChI is InChI=1S/C21H24ClN3O4/c1-2-3-4-7-20(26)24-29-14-21(27)25-18(19-6-5-12-28-19)13-17(23-25)15-8-10-16(22)11-9-15/h5-6,8-12,18H,2-4,7,13-14H2,1H3,(H,24,26). The van der Waals surface area contributed by atoms with Gasteiger partial charge in [0.05, 0.1) is 12.0 Å². The Morgan fingerprint density at radius 1 is 1.28 bits per heavy atom. The lowest BCUT2D eigenvalue weighted by atomic mass is 10.0. The molecule has 0 radical (unpaired) electrons. The van der Waals surface area contributed by atoms with Crippen molar-refractivity contribution in [2.24, 2.45) is 5.10 Å². The van der Waals surface area contributed by atoms with E-state index < -0.39 is 0 Å². The topological polar surface area (TPSA) is 84.1 Å². The van der Waals surface area contributed by atoms with Gasteiger partial charge in [-0.05, 0) is 36.2 Å². The van der Waals surface area contributed by atoms with E-state index in [1.165, 1.54) is 5.01 Å². The number of hydrazone groups is 1. The minimum Gasteiger partial charge on any atom is -0.467 e. The molecule has 1 unspecified atom stereocenters. The summed E-state index contributed by atoms with van der Waals surface area (Å²) in [7, 11) is 0. The number of carbonyl (C=O) groups is 2. The van der Waals surface area contributed by atoms with Crippen LogP contribution in [0.2, 0.25) is 5.02 Å². The molecular formula is C21H24ClN3O4. The molecule has 0 bridgehead atoms. The van der Waals surface area contributed by atoms with E-state index in [0.29, 0.717) is 23.6 Å². The highest BCUT2D eigenvalue weighted by molar-refractivity contribution is 6.30. The van der Waals surface area contributed by atoms with Crippen LogP contribution < -0.4 is 5.48 Å². The fraction of sp³-hybridized carbons (Fsp3) is 0.381. The van der Waals surface area contributed by atoms with Crippen LogP contribution in [-0.2, 0) is 14.4 Å². The summed E-state index contributed by atoms with van der Waals surface area (Å²) in [5.74, 6) is 0.0273. The van der Waals surface area contributed by atoms with Crippen LogP contribution in [-0.4, -0.2) is 29.1 Å². The van der Waals surface area contributed by atoms with Crippen molar-refractivity contribution in [3.8, 4) is 0 Å². The Hall–Kier alpha value is -2.64. The van der Waals surface area contributed by atoms with Crippen molar-refractivity contribution in [2.75, 3.05) is 6.61 Å². The molecule has 2 amide bonds. The lowest BCUT2D eigenvalue weighted by Crippen LogP contribution is -2.34. The van der Waals surface area contributed by atoms with Crippen LogP contribution in [0.25, 0.3) is 0 Å². The van der Waals surface area contributed by atoms with Crippen molar-refractivity contribution in [1.82, 2.24) is 10.5 Å². The maximum atomic E-state index is 12.7. The first-order chi connectivity index (χ1) is 14.1. The molecule has 1 aromatic carbocycles. The number of hydrogen-bond donors (Lipinski definition) is 1. The van der Waals surface area contributed by atoms with Crippen molar-refractivity contribution in [3.63, 3.8) is 0 Å². The average molecular weight is 418 g/mol. The molecule has 154 valence electrons. The molecule has 1 aliphatic rings.